The van der Waals surface area contributed by atoms with E-state index in [1.807, 2.05) is 30.3 Å². The van der Waals surface area contributed by atoms with Gasteiger partial charge in [0.15, 0.2) is 11.6 Å². The number of thioether (sulfide) groups is 1. The fraction of sp³-hybridized carbons (Fsp3) is 0.0588. The number of pyridine rings is 1. The molecule has 6 heteroatoms. The van der Waals surface area contributed by atoms with Crippen molar-refractivity contribution in [2.24, 2.45) is 0 Å². The normalized spacial score (nSPS) is 10.7. The minimum absolute atomic E-state index is 0.148. The standard InChI is InChI=1S/C17H12F2N2OS/c18-13-7-6-12(9-14(13)19)21-16(22)10-23-15-5-1-3-11-4-2-8-20-17(11)15/h1-9H,10H2,(H,21,22). The van der Waals surface area contributed by atoms with E-state index in [4.69, 9.17) is 0 Å². The Bertz CT molecular complexity index is 865. The fourth-order valence-corrected chi connectivity index (χ4v) is 2.95. The van der Waals surface area contributed by atoms with Crippen LogP contribution >= 0.6 is 11.8 Å². The van der Waals surface area contributed by atoms with Crippen LogP contribution in [0.15, 0.2) is 59.6 Å². The number of nitrogens with zero attached hydrogens (tertiary/aromatic N) is 1. The highest BCUT2D eigenvalue weighted by atomic mass is 32.2. The van der Waals surface area contributed by atoms with Crippen molar-refractivity contribution in [1.82, 2.24) is 4.98 Å². The van der Waals surface area contributed by atoms with Crippen molar-refractivity contribution in [3.8, 4) is 0 Å². The predicted molar refractivity (Wildman–Crippen MR) is 87.5 cm³/mol. The molecule has 23 heavy (non-hydrogen) atoms. The first-order valence-electron chi connectivity index (χ1n) is 6.85. The van der Waals surface area contributed by atoms with Gasteiger partial charge in [-0.15, -0.1) is 11.8 Å². The molecule has 116 valence electrons. The minimum Gasteiger partial charge on any atom is -0.325 e. The van der Waals surface area contributed by atoms with Crippen molar-refractivity contribution >= 4 is 34.3 Å². The van der Waals surface area contributed by atoms with Gasteiger partial charge >= 0.3 is 0 Å². The topological polar surface area (TPSA) is 42.0 Å². The molecule has 0 bridgehead atoms. The molecule has 0 atom stereocenters. The van der Waals surface area contributed by atoms with Gasteiger partial charge in [0, 0.05) is 28.2 Å². The van der Waals surface area contributed by atoms with Crippen molar-refractivity contribution in [3.05, 3.63) is 66.4 Å². The number of para-hydroxylation sites is 1. The van der Waals surface area contributed by atoms with Gasteiger partial charge in [0.2, 0.25) is 5.91 Å². The molecule has 1 N–H and O–H groups in total. The van der Waals surface area contributed by atoms with E-state index in [1.165, 1.54) is 17.8 Å². The molecule has 0 fully saturated rings. The third kappa shape index (κ3) is 3.65. The summed E-state index contributed by atoms with van der Waals surface area (Å²) in [5.41, 5.74) is 1.06. The maximum Gasteiger partial charge on any atom is 0.234 e. The van der Waals surface area contributed by atoms with Crippen LogP contribution in [-0.2, 0) is 4.79 Å². The predicted octanol–water partition coefficient (Wildman–Crippen LogP) is 4.24. The van der Waals surface area contributed by atoms with Gasteiger partial charge in [-0.1, -0.05) is 18.2 Å². The lowest BCUT2D eigenvalue weighted by molar-refractivity contribution is -0.113. The quantitative estimate of drug-likeness (QED) is 0.727. The van der Waals surface area contributed by atoms with Crippen LogP contribution < -0.4 is 5.32 Å². The molecule has 1 aromatic heterocycles. The van der Waals surface area contributed by atoms with E-state index in [1.54, 1.807) is 6.20 Å². The van der Waals surface area contributed by atoms with Crippen LogP contribution in [0.25, 0.3) is 10.9 Å². The summed E-state index contributed by atoms with van der Waals surface area (Å²) in [5, 5.41) is 3.54. The number of carbonyl (C=O) groups excluding carboxylic acids is 1. The number of anilines is 1. The average molecular weight is 330 g/mol. The Balaban J connectivity index is 1.67. The van der Waals surface area contributed by atoms with E-state index in [0.29, 0.717) is 0 Å². The number of nitrogens with one attached hydrogen (secondary N) is 1. The van der Waals surface area contributed by atoms with Crippen LogP contribution in [-0.4, -0.2) is 16.6 Å². The molecular weight excluding hydrogens is 318 g/mol. The van der Waals surface area contributed by atoms with Crippen LogP contribution in [0.1, 0.15) is 0 Å². The van der Waals surface area contributed by atoms with Crippen LogP contribution in [0.2, 0.25) is 0 Å². The first-order valence-corrected chi connectivity index (χ1v) is 7.83. The summed E-state index contributed by atoms with van der Waals surface area (Å²) in [7, 11) is 0. The first kappa shape index (κ1) is 15.4. The highest BCUT2D eigenvalue weighted by Gasteiger charge is 2.08. The molecule has 0 aliphatic rings. The van der Waals surface area contributed by atoms with Gasteiger partial charge in [0.05, 0.1) is 11.3 Å². The van der Waals surface area contributed by atoms with Crippen molar-refractivity contribution < 1.29 is 13.6 Å². The third-order valence-electron chi connectivity index (χ3n) is 3.16. The van der Waals surface area contributed by atoms with Crippen LogP contribution in [0.4, 0.5) is 14.5 Å². The molecule has 0 spiro atoms. The largest absolute Gasteiger partial charge is 0.325 e. The molecule has 1 amide bonds. The summed E-state index contributed by atoms with van der Waals surface area (Å²) in [5.74, 6) is -2.09. The molecule has 3 nitrogen and oxygen atoms in total. The molecule has 3 aromatic rings. The molecular formula is C17H12F2N2OS. The zero-order valence-electron chi connectivity index (χ0n) is 11.9. The number of fused-ring (bicyclic) bond motifs is 1. The molecule has 0 saturated carbocycles. The molecule has 0 aliphatic heterocycles. The maximum absolute atomic E-state index is 13.1. The van der Waals surface area contributed by atoms with Gasteiger partial charge in [-0.25, -0.2) is 8.78 Å². The smallest absolute Gasteiger partial charge is 0.234 e. The molecule has 0 unspecified atom stereocenters. The van der Waals surface area contributed by atoms with E-state index >= 15 is 0 Å². The van der Waals surface area contributed by atoms with E-state index in [2.05, 4.69) is 10.3 Å². The second-order valence-electron chi connectivity index (χ2n) is 4.80. The van der Waals surface area contributed by atoms with E-state index in [0.717, 1.165) is 27.9 Å². The summed E-state index contributed by atoms with van der Waals surface area (Å²) in [6.07, 6.45) is 1.70. The Hall–Kier alpha value is -2.47. The summed E-state index contributed by atoms with van der Waals surface area (Å²) in [6.45, 7) is 0. The Kier molecular flexibility index (Phi) is 4.52. The van der Waals surface area contributed by atoms with Crippen molar-refractivity contribution in [1.29, 1.82) is 0 Å². The Morgan fingerprint density at radius 3 is 2.74 bits per heavy atom. The average Bonchev–Trinajstić information content (AvgIpc) is 2.56. The monoisotopic (exact) mass is 330 g/mol. The lowest BCUT2D eigenvalue weighted by Crippen LogP contribution is -2.14. The number of aromatic nitrogens is 1. The Morgan fingerprint density at radius 1 is 1.09 bits per heavy atom. The van der Waals surface area contributed by atoms with Gasteiger partial charge < -0.3 is 5.32 Å². The third-order valence-corrected chi connectivity index (χ3v) is 4.20. The zero-order valence-corrected chi connectivity index (χ0v) is 12.7. The maximum atomic E-state index is 13.1. The van der Waals surface area contributed by atoms with Gasteiger partial charge in [0.25, 0.3) is 0 Å². The Morgan fingerprint density at radius 2 is 1.91 bits per heavy atom. The number of halogens is 2. The summed E-state index contributed by atoms with van der Waals surface area (Å²) in [4.78, 5) is 17.2. The second-order valence-corrected chi connectivity index (χ2v) is 5.81. The van der Waals surface area contributed by atoms with Crippen molar-refractivity contribution in [3.63, 3.8) is 0 Å². The van der Waals surface area contributed by atoms with Crippen molar-refractivity contribution in [2.45, 2.75) is 4.90 Å². The summed E-state index contributed by atoms with van der Waals surface area (Å²) in [6, 6.07) is 12.8. The number of hydrogen-bond acceptors (Lipinski definition) is 3. The number of rotatable bonds is 4. The molecule has 3 rings (SSSR count). The fourth-order valence-electron chi connectivity index (χ4n) is 2.11. The number of benzene rings is 2. The highest BCUT2D eigenvalue weighted by molar-refractivity contribution is 8.00. The minimum atomic E-state index is -0.992. The number of amides is 1. The number of carbonyl (C=O) groups is 1. The zero-order chi connectivity index (χ0) is 16.2. The van der Waals surface area contributed by atoms with E-state index < -0.39 is 11.6 Å². The van der Waals surface area contributed by atoms with E-state index in [-0.39, 0.29) is 17.3 Å². The number of hydrogen-bond donors (Lipinski definition) is 1. The second kappa shape index (κ2) is 6.75. The van der Waals surface area contributed by atoms with Gasteiger partial charge in [-0.05, 0) is 24.3 Å². The van der Waals surface area contributed by atoms with Crippen LogP contribution in [0.3, 0.4) is 0 Å². The molecule has 1 heterocycles. The lowest BCUT2D eigenvalue weighted by atomic mass is 10.2. The Labute approximate surface area is 135 Å². The van der Waals surface area contributed by atoms with Crippen LogP contribution in [0.5, 0.6) is 0 Å². The molecule has 0 aliphatic carbocycles. The summed E-state index contributed by atoms with van der Waals surface area (Å²) < 4.78 is 26.0. The van der Waals surface area contributed by atoms with E-state index in [9.17, 15) is 13.6 Å². The molecule has 0 radical (unpaired) electrons. The van der Waals surface area contributed by atoms with Crippen LogP contribution in [0, 0.1) is 11.6 Å². The van der Waals surface area contributed by atoms with Gasteiger partial charge in [-0.2, -0.15) is 0 Å². The van der Waals surface area contributed by atoms with Crippen molar-refractivity contribution in [2.75, 3.05) is 11.1 Å². The van der Waals surface area contributed by atoms with Gasteiger partial charge in [0.1, 0.15) is 0 Å². The lowest BCUT2D eigenvalue weighted by Gasteiger charge is -2.07. The molecule has 2 aromatic carbocycles. The first-order chi connectivity index (χ1) is 11.1. The summed E-state index contributed by atoms with van der Waals surface area (Å²) >= 11 is 1.34. The highest BCUT2D eigenvalue weighted by Crippen LogP contribution is 2.26. The molecule has 0 saturated heterocycles. The van der Waals surface area contributed by atoms with Gasteiger partial charge in [-0.3, -0.25) is 9.78 Å². The SMILES string of the molecule is O=C(CSc1cccc2cccnc12)Nc1ccc(F)c(F)c1.